The zero-order valence-corrected chi connectivity index (χ0v) is 14.5. The van der Waals surface area contributed by atoms with Gasteiger partial charge in [0.2, 0.25) is 0 Å². The van der Waals surface area contributed by atoms with E-state index in [1.165, 1.54) is 0 Å². The first-order valence-electron chi connectivity index (χ1n) is 9.03. The normalized spacial score (nSPS) is 20.6. The molecule has 0 bridgehead atoms. The van der Waals surface area contributed by atoms with E-state index in [1.807, 2.05) is 11.1 Å². The van der Waals surface area contributed by atoms with Gasteiger partial charge in [-0.05, 0) is 32.1 Å². The fourth-order valence-electron chi connectivity index (χ4n) is 4.09. The number of hydrogen-bond donors (Lipinski definition) is 1. The van der Waals surface area contributed by atoms with Gasteiger partial charge in [-0.3, -0.25) is 9.89 Å². The molecule has 4 rings (SSSR count). The van der Waals surface area contributed by atoms with Gasteiger partial charge in [-0.15, -0.1) is 0 Å². The summed E-state index contributed by atoms with van der Waals surface area (Å²) in [6, 6.07) is 0.314. The van der Waals surface area contributed by atoms with Crippen LogP contribution in [0.4, 0.5) is 0 Å². The lowest BCUT2D eigenvalue weighted by atomic mass is 10.0. The van der Waals surface area contributed by atoms with Crippen molar-refractivity contribution >= 4 is 5.91 Å². The quantitative estimate of drug-likeness (QED) is 0.942. The van der Waals surface area contributed by atoms with Crippen molar-refractivity contribution in [2.45, 2.75) is 57.9 Å². The molecule has 2 aromatic rings. The van der Waals surface area contributed by atoms with E-state index in [1.54, 1.807) is 0 Å². The molecule has 2 aliphatic rings. The third-order valence-electron chi connectivity index (χ3n) is 5.30. The lowest BCUT2D eigenvalue weighted by molar-refractivity contribution is 0.0670. The number of aryl methyl sites for hydroxylation is 1. The highest BCUT2D eigenvalue weighted by atomic mass is 16.2. The summed E-state index contributed by atoms with van der Waals surface area (Å²) in [5.74, 6) is 1.58. The van der Waals surface area contributed by atoms with Gasteiger partial charge in [0.25, 0.3) is 5.91 Å². The molecule has 0 radical (unpaired) electrons. The van der Waals surface area contributed by atoms with Crippen LogP contribution in [0.5, 0.6) is 0 Å². The van der Waals surface area contributed by atoms with Gasteiger partial charge in [-0.25, -0.2) is 4.98 Å². The Kier molecular flexibility index (Phi) is 3.90. The summed E-state index contributed by atoms with van der Waals surface area (Å²) in [4.78, 5) is 19.5. The van der Waals surface area contributed by atoms with Crippen LogP contribution < -0.4 is 0 Å². The Morgan fingerprint density at radius 2 is 2.21 bits per heavy atom. The Morgan fingerprint density at radius 3 is 3.04 bits per heavy atom. The smallest absolute Gasteiger partial charge is 0.274 e. The summed E-state index contributed by atoms with van der Waals surface area (Å²) in [7, 11) is 0. The lowest BCUT2D eigenvalue weighted by Crippen LogP contribution is -2.41. The lowest BCUT2D eigenvalue weighted by Gasteiger charge is -2.34. The monoisotopic (exact) mass is 327 g/mol. The Balaban J connectivity index is 1.54. The van der Waals surface area contributed by atoms with E-state index in [4.69, 9.17) is 0 Å². The summed E-state index contributed by atoms with van der Waals surface area (Å²) in [5.41, 5.74) is 2.95. The first-order valence-corrected chi connectivity index (χ1v) is 9.03. The van der Waals surface area contributed by atoms with E-state index in [9.17, 15) is 4.79 Å². The Hall–Kier alpha value is -2.11. The van der Waals surface area contributed by atoms with Crippen molar-refractivity contribution in [3.8, 4) is 0 Å². The third-order valence-corrected chi connectivity index (χ3v) is 5.30. The molecule has 0 aromatic carbocycles. The SMILES string of the molecule is CC(C)c1nccn1C1CCCN(C(=O)c2n[nH]c3c2CCC3)C1. The first-order chi connectivity index (χ1) is 11.6. The second-order valence-electron chi connectivity index (χ2n) is 7.28. The van der Waals surface area contributed by atoms with Crippen molar-refractivity contribution in [3.05, 3.63) is 35.2 Å². The van der Waals surface area contributed by atoms with Crippen LogP contribution in [0.2, 0.25) is 0 Å². The molecule has 6 nitrogen and oxygen atoms in total. The van der Waals surface area contributed by atoms with Crippen LogP contribution in [0.3, 0.4) is 0 Å². The zero-order valence-electron chi connectivity index (χ0n) is 14.5. The molecular weight excluding hydrogens is 302 g/mol. The summed E-state index contributed by atoms with van der Waals surface area (Å²) in [5, 5.41) is 7.37. The van der Waals surface area contributed by atoms with E-state index in [0.29, 0.717) is 17.7 Å². The maximum absolute atomic E-state index is 13.0. The van der Waals surface area contributed by atoms with Crippen molar-refractivity contribution in [2.75, 3.05) is 13.1 Å². The number of nitrogens with zero attached hydrogens (tertiary/aromatic N) is 4. The standard InChI is InChI=1S/C18H25N5O/c1-12(2)17-19-8-10-23(17)13-5-4-9-22(11-13)18(24)16-14-6-3-7-15(14)20-21-16/h8,10,12-13H,3-7,9,11H2,1-2H3,(H,20,21). The van der Waals surface area contributed by atoms with Gasteiger partial charge < -0.3 is 9.47 Å². The molecule has 6 heteroatoms. The van der Waals surface area contributed by atoms with Crippen LogP contribution in [0, 0.1) is 0 Å². The molecular formula is C18H25N5O. The topological polar surface area (TPSA) is 66.8 Å². The van der Waals surface area contributed by atoms with Crippen molar-refractivity contribution in [2.24, 2.45) is 0 Å². The van der Waals surface area contributed by atoms with Crippen LogP contribution in [0.15, 0.2) is 12.4 Å². The number of aromatic amines is 1. The molecule has 128 valence electrons. The molecule has 2 aromatic heterocycles. The van der Waals surface area contributed by atoms with E-state index in [2.05, 4.69) is 39.8 Å². The van der Waals surface area contributed by atoms with E-state index in [-0.39, 0.29) is 5.91 Å². The van der Waals surface area contributed by atoms with E-state index >= 15 is 0 Å². The molecule has 1 unspecified atom stereocenters. The third kappa shape index (κ3) is 2.54. The Morgan fingerprint density at radius 1 is 1.33 bits per heavy atom. The van der Waals surface area contributed by atoms with E-state index in [0.717, 1.165) is 62.3 Å². The molecule has 1 aliphatic heterocycles. The molecule has 1 aliphatic carbocycles. The summed E-state index contributed by atoms with van der Waals surface area (Å²) in [6.07, 6.45) is 9.17. The highest BCUT2D eigenvalue weighted by Gasteiger charge is 2.31. The molecule has 24 heavy (non-hydrogen) atoms. The van der Waals surface area contributed by atoms with Crippen molar-refractivity contribution in [3.63, 3.8) is 0 Å². The number of carbonyl (C=O) groups is 1. The largest absolute Gasteiger partial charge is 0.335 e. The summed E-state index contributed by atoms with van der Waals surface area (Å²) >= 11 is 0. The minimum absolute atomic E-state index is 0.0883. The minimum atomic E-state index is 0.0883. The van der Waals surface area contributed by atoms with Crippen LogP contribution >= 0.6 is 0 Å². The number of likely N-dealkylation sites (tertiary alicyclic amines) is 1. The number of nitrogens with one attached hydrogen (secondary N) is 1. The van der Waals surface area contributed by atoms with Gasteiger partial charge in [0.1, 0.15) is 5.82 Å². The summed E-state index contributed by atoms with van der Waals surface area (Å²) < 4.78 is 2.26. The molecule has 3 heterocycles. The second kappa shape index (κ2) is 6.07. The predicted octanol–water partition coefficient (Wildman–Crippen LogP) is 2.70. The number of amides is 1. The maximum Gasteiger partial charge on any atom is 0.274 e. The number of H-pyrrole nitrogens is 1. The molecule has 1 atom stereocenters. The van der Waals surface area contributed by atoms with Gasteiger partial charge in [0, 0.05) is 42.7 Å². The molecule has 0 spiro atoms. The van der Waals surface area contributed by atoms with Crippen LogP contribution in [0.1, 0.15) is 72.6 Å². The van der Waals surface area contributed by atoms with Crippen LogP contribution in [-0.4, -0.2) is 43.6 Å². The number of aromatic nitrogens is 4. The highest BCUT2D eigenvalue weighted by molar-refractivity contribution is 5.94. The molecule has 1 amide bonds. The number of carbonyl (C=O) groups excluding carboxylic acids is 1. The van der Waals surface area contributed by atoms with Crippen molar-refractivity contribution in [1.82, 2.24) is 24.6 Å². The van der Waals surface area contributed by atoms with Crippen molar-refractivity contribution < 1.29 is 4.79 Å². The fraction of sp³-hybridized carbons (Fsp3) is 0.611. The molecule has 1 fully saturated rings. The summed E-state index contributed by atoms with van der Waals surface area (Å²) in [6.45, 7) is 5.90. The molecule has 0 saturated carbocycles. The number of piperidine rings is 1. The van der Waals surface area contributed by atoms with Gasteiger partial charge in [-0.2, -0.15) is 5.10 Å². The number of hydrogen-bond acceptors (Lipinski definition) is 3. The minimum Gasteiger partial charge on any atom is -0.335 e. The highest BCUT2D eigenvalue weighted by Crippen LogP contribution is 2.28. The van der Waals surface area contributed by atoms with Gasteiger partial charge in [-0.1, -0.05) is 13.8 Å². The van der Waals surface area contributed by atoms with Crippen LogP contribution in [0.25, 0.3) is 0 Å². The Labute approximate surface area is 142 Å². The average Bonchev–Trinajstić information content (AvgIpc) is 3.30. The second-order valence-corrected chi connectivity index (χ2v) is 7.28. The van der Waals surface area contributed by atoms with Crippen LogP contribution in [-0.2, 0) is 12.8 Å². The maximum atomic E-state index is 13.0. The van der Waals surface area contributed by atoms with Gasteiger partial charge in [0.05, 0.1) is 6.04 Å². The van der Waals surface area contributed by atoms with Crippen molar-refractivity contribution in [1.29, 1.82) is 0 Å². The number of imidazole rings is 1. The fourth-order valence-corrected chi connectivity index (χ4v) is 4.09. The van der Waals surface area contributed by atoms with Gasteiger partial charge >= 0.3 is 0 Å². The zero-order chi connectivity index (χ0) is 16.7. The number of fused-ring (bicyclic) bond motifs is 1. The first kappa shape index (κ1) is 15.4. The molecule has 1 N–H and O–H groups in total. The van der Waals surface area contributed by atoms with Gasteiger partial charge in [0.15, 0.2) is 5.69 Å². The van der Waals surface area contributed by atoms with E-state index < -0.39 is 0 Å². The molecule has 1 saturated heterocycles. The Bertz CT molecular complexity index is 744. The predicted molar refractivity (Wildman–Crippen MR) is 91.1 cm³/mol. The average molecular weight is 327 g/mol. The number of rotatable bonds is 3.